The number of hydrogen-bond donors (Lipinski definition) is 0. The molecule has 4 rings (SSSR count). The van der Waals surface area contributed by atoms with E-state index in [0.29, 0.717) is 5.92 Å². The molecule has 0 spiro atoms. The summed E-state index contributed by atoms with van der Waals surface area (Å²) in [7, 11) is 0. The molecule has 0 unspecified atom stereocenters. The number of benzene rings is 1. The first kappa shape index (κ1) is 18.2. The Bertz CT molecular complexity index is 659. The van der Waals surface area contributed by atoms with Crippen molar-refractivity contribution in [3.8, 4) is 0 Å². The van der Waals surface area contributed by atoms with Gasteiger partial charge in [-0.2, -0.15) is 0 Å². The van der Waals surface area contributed by atoms with Gasteiger partial charge in [0.25, 0.3) is 0 Å². The normalized spacial score (nSPS) is 31.6. The van der Waals surface area contributed by atoms with E-state index in [1.54, 1.807) is 0 Å². The van der Waals surface area contributed by atoms with E-state index >= 15 is 0 Å². The van der Waals surface area contributed by atoms with E-state index < -0.39 is 11.6 Å². The van der Waals surface area contributed by atoms with Crippen molar-refractivity contribution in [3.05, 3.63) is 40.5 Å². The topological polar surface area (TPSA) is 0 Å². The maximum Gasteiger partial charge on any atom is 0.159 e. The summed E-state index contributed by atoms with van der Waals surface area (Å²) in [5.41, 5.74) is 3.28. The van der Waals surface area contributed by atoms with E-state index in [1.807, 2.05) is 0 Å². The van der Waals surface area contributed by atoms with E-state index in [0.717, 1.165) is 35.3 Å². The maximum absolute atomic E-state index is 13.5. The lowest BCUT2D eigenvalue weighted by Gasteiger charge is -2.38. The molecule has 0 bridgehead atoms. The van der Waals surface area contributed by atoms with Crippen molar-refractivity contribution in [1.82, 2.24) is 0 Å². The Morgan fingerprint density at radius 3 is 2.12 bits per heavy atom. The van der Waals surface area contributed by atoms with Crippen LogP contribution >= 0.6 is 0 Å². The molecular formula is C24H32F2. The van der Waals surface area contributed by atoms with Crippen molar-refractivity contribution < 1.29 is 8.78 Å². The largest absolute Gasteiger partial charge is 0.204 e. The molecule has 0 nitrogen and oxygen atoms in total. The zero-order valence-corrected chi connectivity index (χ0v) is 16.1. The second-order valence-corrected chi connectivity index (χ2v) is 9.04. The predicted octanol–water partition coefficient (Wildman–Crippen LogP) is 7.32. The highest BCUT2D eigenvalue weighted by atomic mass is 19.2. The van der Waals surface area contributed by atoms with Gasteiger partial charge >= 0.3 is 0 Å². The molecule has 0 aromatic heterocycles. The summed E-state index contributed by atoms with van der Waals surface area (Å²) in [4.78, 5) is 0. The van der Waals surface area contributed by atoms with Gasteiger partial charge in [-0.1, -0.05) is 44.3 Å². The van der Waals surface area contributed by atoms with Gasteiger partial charge in [0.2, 0.25) is 0 Å². The van der Waals surface area contributed by atoms with Crippen LogP contribution in [0, 0.1) is 35.3 Å². The fourth-order valence-corrected chi connectivity index (χ4v) is 5.94. The molecule has 0 atom stereocenters. The Morgan fingerprint density at radius 2 is 1.46 bits per heavy atom. The highest BCUT2D eigenvalue weighted by Crippen LogP contribution is 2.45. The van der Waals surface area contributed by atoms with E-state index in [2.05, 4.69) is 13.0 Å². The maximum atomic E-state index is 13.5. The summed E-state index contributed by atoms with van der Waals surface area (Å²) in [5, 5.41) is 0. The Balaban J connectivity index is 1.30. The third kappa shape index (κ3) is 3.75. The van der Waals surface area contributed by atoms with E-state index in [1.165, 1.54) is 81.9 Å². The molecule has 3 aliphatic carbocycles. The van der Waals surface area contributed by atoms with E-state index in [9.17, 15) is 8.78 Å². The molecule has 2 saturated carbocycles. The molecule has 0 radical (unpaired) electrons. The minimum Gasteiger partial charge on any atom is -0.204 e. The van der Waals surface area contributed by atoms with Gasteiger partial charge in [0, 0.05) is 0 Å². The third-order valence-electron chi connectivity index (χ3n) is 7.47. The van der Waals surface area contributed by atoms with E-state index in [-0.39, 0.29) is 0 Å². The van der Waals surface area contributed by atoms with Crippen molar-refractivity contribution in [1.29, 1.82) is 0 Å². The average Bonchev–Trinajstić information content (AvgIpc) is 3.06. The van der Waals surface area contributed by atoms with Crippen LogP contribution < -0.4 is 0 Å². The molecule has 26 heavy (non-hydrogen) atoms. The summed E-state index contributed by atoms with van der Waals surface area (Å²) < 4.78 is 27.0. The van der Waals surface area contributed by atoms with Crippen LogP contribution in [0.2, 0.25) is 0 Å². The number of halogens is 2. The molecule has 3 aliphatic rings. The smallest absolute Gasteiger partial charge is 0.159 e. The van der Waals surface area contributed by atoms with Crippen molar-refractivity contribution >= 4 is 6.08 Å². The van der Waals surface area contributed by atoms with Crippen LogP contribution in [0.4, 0.5) is 8.78 Å². The predicted molar refractivity (Wildman–Crippen MR) is 104 cm³/mol. The van der Waals surface area contributed by atoms with Crippen molar-refractivity contribution in [2.75, 3.05) is 0 Å². The molecule has 142 valence electrons. The fourth-order valence-electron chi connectivity index (χ4n) is 5.94. The number of rotatable bonds is 4. The Labute approximate surface area is 157 Å². The van der Waals surface area contributed by atoms with Crippen molar-refractivity contribution in [3.63, 3.8) is 0 Å². The quantitative estimate of drug-likeness (QED) is 0.529. The standard InChI is InChI=1S/C24H32F2/c1-2-3-16-4-6-17(7-5-16)18-8-10-19(11-9-18)20-12-21-14-23(25)24(26)15-22(21)13-20/h12,14-19H,2-11,13H2,1H3. The molecule has 2 fully saturated rings. The lowest BCUT2D eigenvalue weighted by atomic mass is 9.68. The molecule has 1 aromatic rings. The molecule has 1 aromatic carbocycles. The van der Waals surface area contributed by atoms with E-state index in [4.69, 9.17) is 0 Å². The zero-order valence-electron chi connectivity index (χ0n) is 16.1. The van der Waals surface area contributed by atoms with Gasteiger partial charge in [0.15, 0.2) is 11.6 Å². The molecule has 0 amide bonds. The average molecular weight is 359 g/mol. The molecular weight excluding hydrogens is 326 g/mol. The van der Waals surface area contributed by atoms with Crippen LogP contribution in [0.1, 0.15) is 82.3 Å². The zero-order chi connectivity index (χ0) is 18.1. The SMILES string of the molecule is CCCC1CCC(C2CCC(C3=Cc4cc(F)c(F)cc4C3)CC2)CC1. The Morgan fingerprint density at radius 1 is 0.846 bits per heavy atom. The molecule has 0 aliphatic heterocycles. The van der Waals surface area contributed by atoms with Gasteiger partial charge < -0.3 is 0 Å². The highest BCUT2D eigenvalue weighted by Gasteiger charge is 2.32. The van der Waals surface area contributed by atoms with Crippen LogP contribution in [0.5, 0.6) is 0 Å². The van der Waals surface area contributed by atoms with Gasteiger partial charge in [-0.05, 0) is 91.9 Å². The highest BCUT2D eigenvalue weighted by molar-refractivity contribution is 5.64. The van der Waals surface area contributed by atoms with Gasteiger partial charge in [0.1, 0.15) is 0 Å². The van der Waals surface area contributed by atoms with Crippen LogP contribution in [-0.4, -0.2) is 0 Å². The molecule has 0 saturated heterocycles. The molecule has 0 N–H and O–H groups in total. The summed E-state index contributed by atoms with van der Waals surface area (Å²) in [6, 6.07) is 2.77. The summed E-state index contributed by atoms with van der Waals surface area (Å²) in [6.07, 6.45) is 16.8. The number of hydrogen-bond acceptors (Lipinski definition) is 0. The van der Waals surface area contributed by atoms with Crippen molar-refractivity contribution in [2.24, 2.45) is 23.7 Å². The lowest BCUT2D eigenvalue weighted by molar-refractivity contribution is 0.150. The second kappa shape index (κ2) is 7.82. The second-order valence-electron chi connectivity index (χ2n) is 9.04. The summed E-state index contributed by atoms with van der Waals surface area (Å²) in [6.45, 7) is 2.31. The minimum atomic E-state index is -0.719. The van der Waals surface area contributed by atoms with Gasteiger partial charge in [-0.3, -0.25) is 0 Å². The first-order valence-electron chi connectivity index (χ1n) is 10.8. The number of allylic oxidation sites excluding steroid dienone is 1. The summed E-state index contributed by atoms with van der Waals surface area (Å²) in [5.74, 6) is 2.08. The molecule has 2 heteroatoms. The first-order chi connectivity index (χ1) is 12.6. The third-order valence-corrected chi connectivity index (χ3v) is 7.47. The Kier molecular flexibility index (Phi) is 5.47. The first-order valence-corrected chi connectivity index (χ1v) is 10.8. The number of fused-ring (bicyclic) bond motifs is 1. The molecule has 0 heterocycles. The van der Waals surface area contributed by atoms with Gasteiger partial charge in [-0.15, -0.1) is 0 Å². The lowest BCUT2D eigenvalue weighted by Crippen LogP contribution is -2.26. The van der Waals surface area contributed by atoms with Crippen LogP contribution in [-0.2, 0) is 6.42 Å². The monoisotopic (exact) mass is 358 g/mol. The van der Waals surface area contributed by atoms with Crippen LogP contribution in [0.15, 0.2) is 17.7 Å². The van der Waals surface area contributed by atoms with Gasteiger partial charge in [0.05, 0.1) is 0 Å². The van der Waals surface area contributed by atoms with Crippen LogP contribution in [0.25, 0.3) is 6.08 Å². The Hall–Kier alpha value is -1.18. The minimum absolute atomic E-state index is 0.626. The van der Waals surface area contributed by atoms with Crippen molar-refractivity contribution in [2.45, 2.75) is 77.6 Å². The van der Waals surface area contributed by atoms with Gasteiger partial charge in [-0.25, -0.2) is 8.78 Å². The van der Waals surface area contributed by atoms with Crippen LogP contribution in [0.3, 0.4) is 0 Å². The fraction of sp³-hybridized carbons (Fsp3) is 0.667. The summed E-state index contributed by atoms with van der Waals surface area (Å²) >= 11 is 0.